The molecule has 2 aromatic rings. The van der Waals surface area contributed by atoms with Crippen molar-refractivity contribution in [1.82, 2.24) is 9.21 Å². The number of hydrogen-bond donors (Lipinski definition) is 0. The van der Waals surface area contributed by atoms with E-state index in [1.807, 2.05) is 19.9 Å². The third-order valence-corrected chi connectivity index (χ3v) is 7.64. The van der Waals surface area contributed by atoms with Gasteiger partial charge in [-0.25, -0.2) is 17.2 Å². The Labute approximate surface area is 161 Å². The Morgan fingerprint density at radius 1 is 1.11 bits per heavy atom. The van der Waals surface area contributed by atoms with E-state index in [4.69, 9.17) is 0 Å². The average Bonchev–Trinajstić information content (AvgIpc) is 3.04. The summed E-state index contributed by atoms with van der Waals surface area (Å²) in [7, 11) is -3.93. The number of sulfonamides is 1. The molecule has 0 radical (unpaired) electrons. The molecule has 0 aliphatic carbocycles. The van der Waals surface area contributed by atoms with Crippen molar-refractivity contribution in [3.05, 3.63) is 51.2 Å². The van der Waals surface area contributed by atoms with Crippen LogP contribution in [0.15, 0.2) is 29.2 Å². The van der Waals surface area contributed by atoms with Gasteiger partial charge in [0.25, 0.3) is 5.91 Å². The van der Waals surface area contributed by atoms with Crippen LogP contribution in [0, 0.1) is 18.6 Å². The minimum absolute atomic E-state index is 0.104. The topological polar surface area (TPSA) is 57.7 Å². The van der Waals surface area contributed by atoms with Crippen LogP contribution in [0.5, 0.6) is 0 Å². The maximum atomic E-state index is 13.4. The molecule has 0 unspecified atom stereocenters. The number of aryl methyl sites for hydroxylation is 2. The fraction of sp³-hybridized carbons (Fsp3) is 0.389. The third kappa shape index (κ3) is 3.90. The minimum Gasteiger partial charge on any atom is -0.335 e. The molecular weight excluding hydrogens is 394 g/mol. The van der Waals surface area contributed by atoms with Gasteiger partial charge in [-0.15, -0.1) is 11.3 Å². The summed E-state index contributed by atoms with van der Waals surface area (Å²) < 4.78 is 52.9. The molecule has 1 aromatic heterocycles. The Hall–Kier alpha value is -1.84. The Morgan fingerprint density at radius 3 is 2.33 bits per heavy atom. The molecule has 1 aliphatic rings. The van der Waals surface area contributed by atoms with Crippen LogP contribution in [0.4, 0.5) is 8.78 Å². The number of nitrogens with zero attached hydrogens (tertiary/aromatic N) is 2. The lowest BCUT2D eigenvalue weighted by Crippen LogP contribution is -2.50. The number of benzene rings is 1. The maximum absolute atomic E-state index is 13.4. The molecule has 0 bridgehead atoms. The fourth-order valence-electron chi connectivity index (χ4n) is 3.05. The SMILES string of the molecule is CCc1cc(C(=O)N2CCN(S(=O)(=O)c3ccc(F)c(F)c3)CC2)sc1C. The average molecular weight is 414 g/mol. The number of piperazine rings is 1. The number of carbonyl (C=O) groups is 1. The largest absolute Gasteiger partial charge is 0.335 e. The first kappa shape index (κ1) is 19.9. The van der Waals surface area contributed by atoms with E-state index in [1.54, 1.807) is 4.90 Å². The summed E-state index contributed by atoms with van der Waals surface area (Å²) >= 11 is 1.45. The summed E-state index contributed by atoms with van der Waals surface area (Å²) in [4.78, 5) is 15.8. The standard InChI is InChI=1S/C18H20F2N2O3S2/c1-3-13-10-17(26-12(13)2)18(23)21-6-8-22(9-7-21)27(24,25)14-4-5-15(19)16(20)11-14/h4-5,10-11H,3,6-9H2,1-2H3. The Balaban J connectivity index is 1.70. The first-order chi connectivity index (χ1) is 12.7. The van der Waals surface area contributed by atoms with Gasteiger partial charge >= 0.3 is 0 Å². The van der Waals surface area contributed by atoms with Crippen molar-refractivity contribution in [1.29, 1.82) is 0 Å². The number of thiophene rings is 1. The third-order valence-electron chi connectivity index (χ3n) is 4.67. The van der Waals surface area contributed by atoms with Crippen LogP contribution in [0.3, 0.4) is 0 Å². The summed E-state index contributed by atoms with van der Waals surface area (Å²) in [5, 5.41) is 0. The van der Waals surface area contributed by atoms with Crippen molar-refractivity contribution in [3.8, 4) is 0 Å². The molecule has 0 atom stereocenters. The zero-order chi connectivity index (χ0) is 19.8. The molecule has 1 aromatic carbocycles. The van der Waals surface area contributed by atoms with Gasteiger partial charge in [0, 0.05) is 31.1 Å². The lowest BCUT2D eigenvalue weighted by atomic mass is 10.2. The van der Waals surface area contributed by atoms with Crippen LogP contribution >= 0.6 is 11.3 Å². The smallest absolute Gasteiger partial charge is 0.264 e. The van der Waals surface area contributed by atoms with E-state index in [9.17, 15) is 22.0 Å². The maximum Gasteiger partial charge on any atom is 0.264 e. The van der Waals surface area contributed by atoms with E-state index < -0.39 is 21.7 Å². The molecule has 1 fully saturated rings. The zero-order valence-corrected chi connectivity index (χ0v) is 16.7. The van der Waals surface area contributed by atoms with Crippen LogP contribution in [0.1, 0.15) is 27.0 Å². The number of amides is 1. The summed E-state index contributed by atoms with van der Waals surface area (Å²) in [6.45, 7) is 4.73. The summed E-state index contributed by atoms with van der Waals surface area (Å²) in [5.41, 5.74) is 1.14. The van der Waals surface area contributed by atoms with Crippen LogP contribution in [0.25, 0.3) is 0 Å². The monoisotopic (exact) mass is 414 g/mol. The van der Waals surface area contributed by atoms with Crippen LogP contribution < -0.4 is 0 Å². The van der Waals surface area contributed by atoms with E-state index in [0.29, 0.717) is 10.9 Å². The van der Waals surface area contributed by atoms with Gasteiger partial charge in [-0.3, -0.25) is 4.79 Å². The quantitative estimate of drug-likeness (QED) is 0.773. The fourth-order valence-corrected chi connectivity index (χ4v) is 5.57. The predicted octanol–water partition coefficient (Wildman–Crippen LogP) is 3.04. The molecule has 0 spiro atoms. The molecule has 1 saturated heterocycles. The van der Waals surface area contributed by atoms with E-state index in [2.05, 4.69) is 0 Å². The molecule has 0 saturated carbocycles. The van der Waals surface area contributed by atoms with Crippen molar-refractivity contribution < 1.29 is 22.0 Å². The number of hydrogen-bond acceptors (Lipinski definition) is 4. The first-order valence-corrected chi connectivity index (χ1v) is 10.8. The Kier molecular flexibility index (Phi) is 5.64. The molecule has 1 aliphatic heterocycles. The van der Waals surface area contributed by atoms with E-state index in [-0.39, 0.29) is 37.0 Å². The number of rotatable bonds is 4. The van der Waals surface area contributed by atoms with Crippen LogP contribution in [0.2, 0.25) is 0 Å². The van der Waals surface area contributed by atoms with Gasteiger partial charge in [0.05, 0.1) is 9.77 Å². The van der Waals surface area contributed by atoms with E-state index >= 15 is 0 Å². The van der Waals surface area contributed by atoms with Gasteiger partial charge < -0.3 is 4.90 Å². The number of carbonyl (C=O) groups excluding carboxylic acids is 1. The first-order valence-electron chi connectivity index (χ1n) is 8.57. The highest BCUT2D eigenvalue weighted by atomic mass is 32.2. The highest BCUT2D eigenvalue weighted by Gasteiger charge is 2.31. The summed E-state index contributed by atoms with van der Waals surface area (Å²) in [6.07, 6.45) is 0.857. The second-order valence-corrected chi connectivity index (χ2v) is 9.51. The van der Waals surface area contributed by atoms with Crippen molar-refractivity contribution in [3.63, 3.8) is 0 Å². The lowest BCUT2D eigenvalue weighted by Gasteiger charge is -2.33. The highest BCUT2D eigenvalue weighted by molar-refractivity contribution is 7.89. The van der Waals surface area contributed by atoms with Crippen molar-refractivity contribution in [2.24, 2.45) is 0 Å². The molecule has 1 amide bonds. The molecule has 9 heteroatoms. The second kappa shape index (κ2) is 7.65. The van der Waals surface area contributed by atoms with Gasteiger partial charge in [0.15, 0.2) is 11.6 Å². The molecule has 27 heavy (non-hydrogen) atoms. The number of halogens is 2. The van der Waals surface area contributed by atoms with Crippen LogP contribution in [-0.2, 0) is 16.4 Å². The Bertz CT molecular complexity index is 965. The predicted molar refractivity (Wildman–Crippen MR) is 99.5 cm³/mol. The van der Waals surface area contributed by atoms with Crippen molar-refractivity contribution >= 4 is 27.3 Å². The molecular formula is C18H20F2N2O3S2. The second-order valence-electron chi connectivity index (χ2n) is 6.32. The molecule has 2 heterocycles. The Morgan fingerprint density at radius 2 is 1.78 bits per heavy atom. The molecule has 146 valence electrons. The molecule has 3 rings (SSSR count). The minimum atomic E-state index is -3.93. The normalized spacial score (nSPS) is 15.9. The van der Waals surface area contributed by atoms with Gasteiger partial charge in [-0.1, -0.05) is 6.92 Å². The lowest BCUT2D eigenvalue weighted by molar-refractivity contribution is 0.0702. The van der Waals surface area contributed by atoms with Gasteiger partial charge in [0.2, 0.25) is 10.0 Å². The van der Waals surface area contributed by atoms with E-state index in [1.165, 1.54) is 15.6 Å². The molecule has 5 nitrogen and oxygen atoms in total. The van der Waals surface area contributed by atoms with Crippen molar-refractivity contribution in [2.75, 3.05) is 26.2 Å². The summed E-state index contributed by atoms with van der Waals surface area (Å²) in [6, 6.07) is 4.42. The zero-order valence-electron chi connectivity index (χ0n) is 15.0. The van der Waals surface area contributed by atoms with Gasteiger partial charge in [-0.05, 0) is 43.2 Å². The van der Waals surface area contributed by atoms with E-state index in [0.717, 1.165) is 29.0 Å². The molecule has 0 N–H and O–H groups in total. The highest BCUT2D eigenvalue weighted by Crippen LogP contribution is 2.25. The van der Waals surface area contributed by atoms with Gasteiger partial charge in [0.1, 0.15) is 0 Å². The van der Waals surface area contributed by atoms with Gasteiger partial charge in [-0.2, -0.15) is 4.31 Å². The summed E-state index contributed by atoms with van der Waals surface area (Å²) in [5.74, 6) is -2.40. The van der Waals surface area contributed by atoms with Crippen LogP contribution in [-0.4, -0.2) is 49.7 Å². The van der Waals surface area contributed by atoms with Crippen molar-refractivity contribution in [2.45, 2.75) is 25.2 Å².